The SMILES string of the molecule is O=C(NCCc1nnc2c(=O)[nH]ccn12)C(F)CC1CCCCC1. The first-order chi connectivity index (χ1) is 11.6. The van der Waals surface area contributed by atoms with Crippen molar-refractivity contribution in [1.82, 2.24) is 24.9 Å². The number of carbonyl (C=O) groups is 1. The summed E-state index contributed by atoms with van der Waals surface area (Å²) in [6.07, 6.45) is 7.93. The van der Waals surface area contributed by atoms with Gasteiger partial charge in [0.15, 0.2) is 6.17 Å². The van der Waals surface area contributed by atoms with Crippen LogP contribution in [0, 0.1) is 5.92 Å². The van der Waals surface area contributed by atoms with Crippen molar-refractivity contribution in [2.24, 2.45) is 5.92 Å². The minimum absolute atomic E-state index is 0.208. The molecule has 1 atom stereocenters. The number of amides is 1. The fourth-order valence-electron chi connectivity index (χ4n) is 3.29. The maximum absolute atomic E-state index is 14.1. The monoisotopic (exact) mass is 335 g/mol. The Morgan fingerprint density at radius 2 is 2.17 bits per heavy atom. The van der Waals surface area contributed by atoms with Crippen LogP contribution < -0.4 is 10.9 Å². The van der Waals surface area contributed by atoms with Crippen molar-refractivity contribution in [3.05, 3.63) is 28.6 Å². The first kappa shape index (κ1) is 16.6. The standard InChI is InChI=1S/C16H22FN5O2/c17-12(10-11-4-2-1-3-5-11)15(23)18-7-6-13-20-21-14-16(24)19-8-9-22(13)14/h8-9,11-12H,1-7,10H2,(H,18,23)(H,19,24). The molecule has 7 nitrogen and oxygen atoms in total. The lowest BCUT2D eigenvalue weighted by atomic mass is 9.85. The third-order valence-electron chi connectivity index (χ3n) is 4.60. The van der Waals surface area contributed by atoms with Gasteiger partial charge in [-0.05, 0) is 12.3 Å². The van der Waals surface area contributed by atoms with Gasteiger partial charge in [-0.15, -0.1) is 10.2 Å². The third-order valence-corrected chi connectivity index (χ3v) is 4.60. The Kier molecular flexibility index (Phi) is 5.22. The molecule has 0 aromatic carbocycles. The smallest absolute Gasteiger partial charge is 0.293 e. The fourth-order valence-corrected chi connectivity index (χ4v) is 3.29. The van der Waals surface area contributed by atoms with Gasteiger partial charge in [0, 0.05) is 25.4 Å². The molecular weight excluding hydrogens is 313 g/mol. The highest BCUT2D eigenvalue weighted by molar-refractivity contribution is 5.80. The van der Waals surface area contributed by atoms with Crippen molar-refractivity contribution in [3.63, 3.8) is 0 Å². The zero-order valence-electron chi connectivity index (χ0n) is 13.5. The number of nitrogens with one attached hydrogen (secondary N) is 2. The lowest BCUT2D eigenvalue weighted by Gasteiger charge is -2.22. The molecule has 2 heterocycles. The summed E-state index contributed by atoms with van der Waals surface area (Å²) in [5, 5.41) is 10.4. The molecule has 3 rings (SSSR count). The zero-order chi connectivity index (χ0) is 16.9. The van der Waals surface area contributed by atoms with Crippen LogP contribution in [-0.4, -0.2) is 38.2 Å². The van der Waals surface area contributed by atoms with Gasteiger partial charge >= 0.3 is 0 Å². The number of aromatic nitrogens is 4. The summed E-state index contributed by atoms with van der Waals surface area (Å²) in [6, 6.07) is 0. The van der Waals surface area contributed by atoms with Crippen molar-refractivity contribution < 1.29 is 9.18 Å². The second-order valence-electron chi connectivity index (χ2n) is 6.35. The molecule has 1 amide bonds. The minimum atomic E-state index is -1.45. The normalized spacial score (nSPS) is 17.0. The molecule has 0 spiro atoms. The number of hydrogen-bond donors (Lipinski definition) is 2. The molecule has 24 heavy (non-hydrogen) atoms. The molecule has 1 aliphatic carbocycles. The molecule has 1 fully saturated rings. The van der Waals surface area contributed by atoms with Crippen molar-refractivity contribution in [2.45, 2.75) is 51.1 Å². The van der Waals surface area contributed by atoms with E-state index in [4.69, 9.17) is 0 Å². The van der Waals surface area contributed by atoms with Gasteiger partial charge in [0.1, 0.15) is 5.82 Å². The molecule has 0 aliphatic heterocycles. The molecule has 2 aromatic heterocycles. The van der Waals surface area contributed by atoms with E-state index in [2.05, 4.69) is 20.5 Å². The van der Waals surface area contributed by atoms with E-state index in [-0.39, 0.29) is 17.8 Å². The number of nitrogens with zero attached hydrogens (tertiary/aromatic N) is 3. The third kappa shape index (κ3) is 3.80. The van der Waals surface area contributed by atoms with Crippen molar-refractivity contribution >= 4 is 11.6 Å². The molecule has 1 aliphatic rings. The van der Waals surface area contributed by atoms with Gasteiger partial charge in [-0.2, -0.15) is 0 Å². The second kappa shape index (κ2) is 7.55. The molecule has 0 radical (unpaired) electrons. The van der Waals surface area contributed by atoms with Gasteiger partial charge in [0.25, 0.3) is 11.5 Å². The van der Waals surface area contributed by atoms with Crippen LogP contribution in [0.15, 0.2) is 17.2 Å². The first-order valence-corrected chi connectivity index (χ1v) is 8.48. The summed E-state index contributed by atoms with van der Waals surface area (Å²) < 4.78 is 15.6. The molecule has 130 valence electrons. The summed E-state index contributed by atoms with van der Waals surface area (Å²) in [7, 11) is 0. The predicted octanol–water partition coefficient (Wildman–Crippen LogP) is 1.38. The van der Waals surface area contributed by atoms with Crippen molar-refractivity contribution in [2.75, 3.05) is 6.54 Å². The molecule has 2 N–H and O–H groups in total. The summed E-state index contributed by atoms with van der Waals surface area (Å²) in [4.78, 5) is 26.0. The fraction of sp³-hybridized carbons (Fsp3) is 0.625. The van der Waals surface area contributed by atoms with Crippen LogP contribution in [0.2, 0.25) is 0 Å². The largest absolute Gasteiger partial charge is 0.353 e. The van der Waals surface area contributed by atoms with E-state index in [1.54, 1.807) is 10.6 Å². The number of H-pyrrole nitrogens is 1. The average Bonchev–Trinajstić information content (AvgIpc) is 3.00. The summed E-state index contributed by atoms with van der Waals surface area (Å²) in [6.45, 7) is 0.261. The number of carbonyl (C=O) groups excluding carboxylic acids is 1. The molecule has 1 unspecified atom stereocenters. The lowest BCUT2D eigenvalue weighted by Crippen LogP contribution is -2.35. The van der Waals surface area contributed by atoms with Gasteiger partial charge in [0.2, 0.25) is 5.65 Å². The lowest BCUT2D eigenvalue weighted by molar-refractivity contribution is -0.126. The topological polar surface area (TPSA) is 92.2 Å². The number of aromatic amines is 1. The Morgan fingerprint density at radius 1 is 1.38 bits per heavy atom. The van der Waals surface area contributed by atoms with Crippen LogP contribution in [0.4, 0.5) is 4.39 Å². The van der Waals surface area contributed by atoms with Crippen LogP contribution in [0.25, 0.3) is 5.65 Å². The molecule has 0 bridgehead atoms. The first-order valence-electron chi connectivity index (χ1n) is 8.48. The van der Waals surface area contributed by atoms with E-state index in [0.717, 1.165) is 25.7 Å². The second-order valence-corrected chi connectivity index (χ2v) is 6.35. The highest BCUT2D eigenvalue weighted by atomic mass is 19.1. The van der Waals surface area contributed by atoms with Gasteiger partial charge in [-0.25, -0.2) is 4.39 Å². The van der Waals surface area contributed by atoms with E-state index in [9.17, 15) is 14.0 Å². The van der Waals surface area contributed by atoms with Crippen LogP contribution in [0.5, 0.6) is 0 Å². The number of fused-ring (bicyclic) bond motifs is 1. The Labute approximate surface area is 138 Å². The quantitative estimate of drug-likeness (QED) is 0.834. The number of rotatable bonds is 6. The van der Waals surface area contributed by atoms with E-state index in [1.165, 1.54) is 12.6 Å². The number of halogens is 1. The zero-order valence-corrected chi connectivity index (χ0v) is 13.5. The number of alkyl halides is 1. The molecule has 2 aromatic rings. The molecule has 0 saturated heterocycles. The Morgan fingerprint density at radius 3 is 2.96 bits per heavy atom. The molecule has 1 saturated carbocycles. The summed E-state index contributed by atoms with van der Waals surface area (Å²) in [5.74, 6) is 0.318. The van der Waals surface area contributed by atoms with Gasteiger partial charge < -0.3 is 10.3 Å². The van der Waals surface area contributed by atoms with Gasteiger partial charge in [-0.1, -0.05) is 32.1 Å². The Bertz CT molecular complexity index is 750. The van der Waals surface area contributed by atoms with E-state index >= 15 is 0 Å². The van der Waals surface area contributed by atoms with Gasteiger partial charge in [-0.3, -0.25) is 14.0 Å². The van der Waals surface area contributed by atoms with E-state index < -0.39 is 12.1 Å². The summed E-state index contributed by atoms with van der Waals surface area (Å²) >= 11 is 0. The van der Waals surface area contributed by atoms with Crippen LogP contribution in [-0.2, 0) is 11.2 Å². The van der Waals surface area contributed by atoms with Crippen LogP contribution in [0.1, 0.15) is 44.3 Å². The summed E-state index contributed by atoms with van der Waals surface area (Å²) in [5.41, 5.74) is -0.115. The highest BCUT2D eigenvalue weighted by Gasteiger charge is 2.23. The van der Waals surface area contributed by atoms with E-state index in [1.807, 2.05) is 0 Å². The number of hydrogen-bond acceptors (Lipinski definition) is 4. The highest BCUT2D eigenvalue weighted by Crippen LogP contribution is 2.28. The minimum Gasteiger partial charge on any atom is -0.353 e. The average molecular weight is 335 g/mol. The van der Waals surface area contributed by atoms with Crippen molar-refractivity contribution in [3.8, 4) is 0 Å². The maximum Gasteiger partial charge on any atom is 0.293 e. The van der Waals surface area contributed by atoms with Crippen molar-refractivity contribution in [1.29, 1.82) is 0 Å². The predicted molar refractivity (Wildman–Crippen MR) is 86.4 cm³/mol. The van der Waals surface area contributed by atoms with E-state index in [0.29, 0.717) is 24.6 Å². The van der Waals surface area contributed by atoms with Gasteiger partial charge in [0.05, 0.1) is 0 Å². The molecule has 8 heteroatoms. The maximum atomic E-state index is 14.1. The molecular formula is C16H22FN5O2. The Balaban J connectivity index is 1.49. The Hall–Kier alpha value is -2.25. The van der Waals surface area contributed by atoms with Crippen LogP contribution in [0.3, 0.4) is 0 Å². The van der Waals surface area contributed by atoms with Crippen LogP contribution >= 0.6 is 0 Å².